The highest BCUT2D eigenvalue weighted by atomic mass is 16.5. The number of aryl methyl sites for hydroxylation is 1. The molecule has 0 aliphatic carbocycles. The topological polar surface area (TPSA) is 61.8 Å². The second kappa shape index (κ2) is 9.92. The van der Waals surface area contributed by atoms with E-state index in [4.69, 9.17) is 18.9 Å². The summed E-state index contributed by atoms with van der Waals surface area (Å²) in [6.45, 7) is 3.36. The molecule has 1 N–H and O–H groups in total. The predicted octanol–water partition coefficient (Wildman–Crippen LogP) is 5.84. The molecule has 164 valence electrons. The van der Waals surface area contributed by atoms with E-state index in [9.17, 15) is 0 Å². The Kier molecular flexibility index (Phi) is 6.60. The number of anilines is 1. The number of benzene rings is 3. The molecule has 0 saturated carbocycles. The minimum absolute atomic E-state index is 0.560. The van der Waals surface area contributed by atoms with Gasteiger partial charge >= 0.3 is 0 Å². The van der Waals surface area contributed by atoms with Crippen LogP contribution in [0.25, 0.3) is 10.9 Å². The van der Waals surface area contributed by atoms with E-state index in [1.807, 2.05) is 54.6 Å². The largest absolute Gasteiger partial charge is 0.493 e. The molecule has 6 nitrogen and oxygen atoms in total. The summed E-state index contributed by atoms with van der Waals surface area (Å²) in [6, 6.07) is 21.4. The molecule has 1 aromatic heterocycles. The molecular formula is C26H26N2O4. The van der Waals surface area contributed by atoms with Crippen molar-refractivity contribution in [1.29, 1.82) is 0 Å². The van der Waals surface area contributed by atoms with Crippen LogP contribution in [0.5, 0.6) is 28.7 Å². The Hall–Kier alpha value is -3.93. The Labute approximate surface area is 187 Å². The summed E-state index contributed by atoms with van der Waals surface area (Å²) in [4.78, 5) is 4.41. The zero-order valence-corrected chi connectivity index (χ0v) is 18.4. The second-order valence-electron chi connectivity index (χ2n) is 7.25. The fraction of sp³-hybridized carbons (Fsp3) is 0.192. The van der Waals surface area contributed by atoms with Gasteiger partial charge in [-0.25, -0.2) is 0 Å². The van der Waals surface area contributed by atoms with Crippen LogP contribution in [0, 0.1) is 6.92 Å². The minimum atomic E-state index is 0.560. The Morgan fingerprint density at radius 3 is 2.31 bits per heavy atom. The lowest BCUT2D eigenvalue weighted by Crippen LogP contribution is -2.11. The Morgan fingerprint density at radius 2 is 1.56 bits per heavy atom. The van der Waals surface area contributed by atoms with Crippen molar-refractivity contribution < 1.29 is 18.9 Å². The van der Waals surface area contributed by atoms with Crippen LogP contribution in [0.15, 0.2) is 72.9 Å². The van der Waals surface area contributed by atoms with Crippen LogP contribution in [0.2, 0.25) is 0 Å². The van der Waals surface area contributed by atoms with E-state index < -0.39 is 0 Å². The average Bonchev–Trinajstić information content (AvgIpc) is 2.82. The molecule has 3 aromatic carbocycles. The molecule has 0 amide bonds. The van der Waals surface area contributed by atoms with Crippen molar-refractivity contribution in [2.24, 2.45) is 0 Å². The maximum absolute atomic E-state index is 6.11. The number of methoxy groups -OCH3 is 2. The van der Waals surface area contributed by atoms with Crippen molar-refractivity contribution in [3.8, 4) is 28.7 Å². The second-order valence-corrected chi connectivity index (χ2v) is 7.25. The van der Waals surface area contributed by atoms with E-state index in [0.717, 1.165) is 28.9 Å². The maximum atomic E-state index is 6.11. The zero-order valence-electron chi connectivity index (χ0n) is 18.4. The number of hydrogen-bond acceptors (Lipinski definition) is 6. The van der Waals surface area contributed by atoms with Crippen molar-refractivity contribution in [2.45, 2.75) is 6.92 Å². The van der Waals surface area contributed by atoms with Crippen molar-refractivity contribution in [3.05, 3.63) is 78.5 Å². The van der Waals surface area contributed by atoms with E-state index in [2.05, 4.69) is 29.4 Å². The fourth-order valence-corrected chi connectivity index (χ4v) is 3.39. The van der Waals surface area contributed by atoms with Gasteiger partial charge in [-0.1, -0.05) is 12.1 Å². The molecule has 0 aliphatic rings. The number of nitrogens with one attached hydrogen (secondary N) is 1. The number of pyridine rings is 1. The summed E-state index contributed by atoms with van der Waals surface area (Å²) in [5, 5.41) is 4.20. The third-order valence-corrected chi connectivity index (χ3v) is 4.98. The first-order valence-electron chi connectivity index (χ1n) is 10.4. The Bertz CT molecular complexity index is 1190. The van der Waals surface area contributed by atoms with Gasteiger partial charge in [0.25, 0.3) is 0 Å². The van der Waals surface area contributed by atoms with Crippen LogP contribution >= 0.6 is 0 Å². The molecule has 0 spiro atoms. The summed E-state index contributed by atoms with van der Waals surface area (Å²) in [5.41, 5.74) is 3.09. The number of ether oxygens (including phenoxy) is 4. The summed E-state index contributed by atoms with van der Waals surface area (Å²) in [7, 11) is 3.21. The first-order chi connectivity index (χ1) is 15.7. The maximum Gasteiger partial charge on any atom is 0.162 e. The van der Waals surface area contributed by atoms with Gasteiger partial charge in [-0.2, -0.15) is 0 Å². The van der Waals surface area contributed by atoms with Crippen molar-refractivity contribution in [1.82, 2.24) is 4.98 Å². The predicted molar refractivity (Wildman–Crippen MR) is 127 cm³/mol. The number of aromatic nitrogens is 1. The molecular weight excluding hydrogens is 404 g/mol. The van der Waals surface area contributed by atoms with Gasteiger partial charge in [-0.05, 0) is 61.0 Å². The number of hydrogen-bond donors (Lipinski definition) is 1. The third kappa shape index (κ3) is 5.03. The van der Waals surface area contributed by atoms with Crippen LogP contribution in [0.3, 0.4) is 0 Å². The van der Waals surface area contributed by atoms with Crippen molar-refractivity contribution in [2.75, 3.05) is 32.7 Å². The van der Waals surface area contributed by atoms with E-state index in [1.54, 1.807) is 20.4 Å². The molecule has 4 aromatic rings. The molecule has 0 saturated heterocycles. The van der Waals surface area contributed by atoms with Crippen LogP contribution in [-0.4, -0.2) is 32.4 Å². The lowest BCUT2D eigenvalue weighted by atomic mass is 10.2. The van der Waals surface area contributed by atoms with Gasteiger partial charge in [0.05, 0.1) is 19.7 Å². The van der Waals surface area contributed by atoms with E-state index in [-0.39, 0.29) is 0 Å². The monoisotopic (exact) mass is 430 g/mol. The molecule has 0 radical (unpaired) electrons. The van der Waals surface area contributed by atoms with Crippen LogP contribution < -0.4 is 24.3 Å². The first kappa shape index (κ1) is 21.3. The Balaban J connectivity index is 1.38. The number of nitrogens with zero attached hydrogens (tertiary/aromatic N) is 1. The SMILES string of the molecule is COc1cc2nccc(Oc3ccc(OCCNc4cccc(C)c4)cc3)c2cc1OC. The molecule has 0 aliphatic heterocycles. The van der Waals surface area contributed by atoms with Crippen LogP contribution in [0.4, 0.5) is 5.69 Å². The van der Waals surface area contributed by atoms with Gasteiger partial charge < -0.3 is 24.3 Å². The van der Waals surface area contributed by atoms with E-state index in [0.29, 0.717) is 29.6 Å². The molecule has 6 heteroatoms. The molecule has 0 atom stereocenters. The highest BCUT2D eigenvalue weighted by molar-refractivity contribution is 5.88. The molecule has 0 unspecified atom stereocenters. The van der Waals surface area contributed by atoms with Gasteiger partial charge in [0.1, 0.15) is 23.9 Å². The lowest BCUT2D eigenvalue weighted by molar-refractivity contribution is 0.332. The summed E-state index contributed by atoms with van der Waals surface area (Å²) in [6.07, 6.45) is 1.71. The lowest BCUT2D eigenvalue weighted by Gasteiger charge is -2.13. The van der Waals surface area contributed by atoms with Gasteiger partial charge in [0, 0.05) is 29.9 Å². The molecule has 32 heavy (non-hydrogen) atoms. The number of rotatable bonds is 9. The van der Waals surface area contributed by atoms with Crippen molar-refractivity contribution in [3.63, 3.8) is 0 Å². The third-order valence-electron chi connectivity index (χ3n) is 4.98. The molecule has 0 bridgehead atoms. The Morgan fingerprint density at radius 1 is 0.812 bits per heavy atom. The van der Waals surface area contributed by atoms with Gasteiger partial charge in [0.15, 0.2) is 11.5 Å². The summed E-state index contributed by atoms with van der Waals surface area (Å²) < 4.78 is 22.7. The quantitative estimate of drug-likeness (QED) is 0.337. The van der Waals surface area contributed by atoms with Crippen molar-refractivity contribution >= 4 is 16.6 Å². The number of fused-ring (bicyclic) bond motifs is 1. The van der Waals surface area contributed by atoms with Crippen LogP contribution in [-0.2, 0) is 0 Å². The average molecular weight is 431 g/mol. The molecule has 0 fully saturated rings. The minimum Gasteiger partial charge on any atom is -0.493 e. The highest BCUT2D eigenvalue weighted by Crippen LogP contribution is 2.37. The standard InChI is InChI=1S/C26H26N2O4/c1-18-5-4-6-19(15-18)27-13-14-31-20-7-9-21(10-8-20)32-24-11-12-28-23-17-26(30-3)25(29-2)16-22(23)24/h4-12,15-17,27H,13-14H2,1-3H3. The fourth-order valence-electron chi connectivity index (χ4n) is 3.39. The summed E-state index contributed by atoms with van der Waals surface area (Å²) >= 11 is 0. The van der Waals surface area contributed by atoms with E-state index in [1.165, 1.54) is 5.56 Å². The van der Waals surface area contributed by atoms with Gasteiger partial charge in [0.2, 0.25) is 0 Å². The normalized spacial score (nSPS) is 10.6. The van der Waals surface area contributed by atoms with Gasteiger partial charge in [-0.3, -0.25) is 4.98 Å². The molecule has 4 rings (SSSR count). The zero-order chi connectivity index (χ0) is 22.3. The molecule has 1 heterocycles. The van der Waals surface area contributed by atoms with E-state index >= 15 is 0 Å². The smallest absolute Gasteiger partial charge is 0.162 e. The summed E-state index contributed by atoms with van der Waals surface area (Å²) in [5.74, 6) is 3.43. The first-order valence-corrected chi connectivity index (χ1v) is 10.4. The van der Waals surface area contributed by atoms with Gasteiger partial charge in [-0.15, -0.1) is 0 Å². The van der Waals surface area contributed by atoms with Crippen LogP contribution in [0.1, 0.15) is 5.56 Å². The highest BCUT2D eigenvalue weighted by Gasteiger charge is 2.11.